The molecule has 0 atom stereocenters. The van der Waals surface area contributed by atoms with Crippen LogP contribution in [0.4, 0.5) is 10.7 Å². The van der Waals surface area contributed by atoms with E-state index in [1.165, 1.54) is 37.7 Å². The fraction of sp³-hybridized carbons (Fsp3) is 0.280. The van der Waals surface area contributed by atoms with E-state index >= 15 is 0 Å². The number of carbonyl (C=O) groups excluding carboxylic acids is 2. The van der Waals surface area contributed by atoms with Crippen LogP contribution in [0.2, 0.25) is 0 Å². The Morgan fingerprint density at radius 3 is 2.34 bits per heavy atom. The lowest BCUT2D eigenvalue weighted by Crippen LogP contribution is -2.38. The molecule has 0 spiro atoms. The molecule has 4 rings (SSSR count). The molecular formula is C25H26N2O6S2. The molecule has 1 aliphatic rings. The van der Waals surface area contributed by atoms with Crippen molar-refractivity contribution in [3.63, 3.8) is 0 Å². The van der Waals surface area contributed by atoms with Gasteiger partial charge in [0.15, 0.2) is 0 Å². The van der Waals surface area contributed by atoms with Gasteiger partial charge in [-0.15, -0.1) is 11.3 Å². The Hall–Kier alpha value is -3.37. The Labute approximate surface area is 208 Å². The normalized spacial score (nSPS) is 13.0. The molecule has 35 heavy (non-hydrogen) atoms. The van der Waals surface area contributed by atoms with Gasteiger partial charge in [-0.2, -0.15) is 0 Å². The second-order valence-electron chi connectivity index (χ2n) is 7.98. The van der Waals surface area contributed by atoms with E-state index in [-0.39, 0.29) is 4.90 Å². The van der Waals surface area contributed by atoms with Crippen LogP contribution in [0.3, 0.4) is 0 Å². The number of aryl methyl sites for hydroxylation is 1. The largest absolute Gasteiger partial charge is 0.497 e. The number of benzene rings is 2. The van der Waals surface area contributed by atoms with E-state index in [0.29, 0.717) is 22.0 Å². The number of anilines is 2. The average Bonchev–Trinajstić information content (AvgIpc) is 3.24. The summed E-state index contributed by atoms with van der Waals surface area (Å²) in [5.74, 6) is -0.551. The summed E-state index contributed by atoms with van der Waals surface area (Å²) >= 11 is 1.35. The minimum absolute atomic E-state index is 0.0248. The standard InChI is InChI=1S/C25H26N2O6S2/c1-32-18-12-14-19(15-13-18)35(30,31)27(17-8-4-3-5-9-17)16-22(28)26-24-23(25(29)33-2)20-10-6-7-11-21(20)34-24/h3-5,8-9,12-15H,6-7,10-11,16H2,1-2H3,(H,26,28). The first kappa shape index (κ1) is 24.7. The summed E-state index contributed by atoms with van der Waals surface area (Å²) in [4.78, 5) is 26.8. The summed E-state index contributed by atoms with van der Waals surface area (Å²) in [5.41, 5.74) is 1.62. The molecule has 1 N–H and O–H groups in total. The third-order valence-electron chi connectivity index (χ3n) is 5.79. The van der Waals surface area contributed by atoms with Crippen molar-refractivity contribution < 1.29 is 27.5 Å². The molecule has 2 aromatic carbocycles. The fourth-order valence-electron chi connectivity index (χ4n) is 4.05. The van der Waals surface area contributed by atoms with Gasteiger partial charge in [-0.1, -0.05) is 18.2 Å². The third kappa shape index (κ3) is 5.18. The summed E-state index contributed by atoms with van der Waals surface area (Å²) < 4.78 is 38.2. The number of methoxy groups -OCH3 is 2. The first-order valence-electron chi connectivity index (χ1n) is 11.1. The van der Waals surface area contributed by atoms with E-state index in [0.717, 1.165) is 40.4 Å². The molecule has 1 amide bonds. The molecule has 1 aromatic heterocycles. The minimum Gasteiger partial charge on any atom is -0.497 e. The quantitative estimate of drug-likeness (QED) is 0.451. The smallest absolute Gasteiger partial charge is 0.341 e. The Morgan fingerprint density at radius 2 is 1.69 bits per heavy atom. The molecule has 1 aliphatic carbocycles. The topological polar surface area (TPSA) is 102 Å². The number of sulfonamides is 1. The molecule has 0 unspecified atom stereocenters. The summed E-state index contributed by atoms with van der Waals surface area (Å²) in [6, 6.07) is 14.4. The lowest BCUT2D eigenvalue weighted by atomic mass is 9.95. The first-order valence-corrected chi connectivity index (χ1v) is 13.4. The van der Waals surface area contributed by atoms with Gasteiger partial charge in [0.25, 0.3) is 10.0 Å². The number of nitrogens with one attached hydrogen (secondary N) is 1. The number of fused-ring (bicyclic) bond motifs is 1. The Morgan fingerprint density at radius 1 is 1.00 bits per heavy atom. The van der Waals surface area contributed by atoms with Crippen LogP contribution >= 0.6 is 11.3 Å². The van der Waals surface area contributed by atoms with Gasteiger partial charge in [0, 0.05) is 4.88 Å². The van der Waals surface area contributed by atoms with Crippen molar-refractivity contribution in [3.8, 4) is 5.75 Å². The monoisotopic (exact) mass is 514 g/mol. The average molecular weight is 515 g/mol. The van der Waals surface area contributed by atoms with Crippen LogP contribution in [-0.2, 0) is 32.4 Å². The Bertz CT molecular complexity index is 1320. The number of carbonyl (C=O) groups is 2. The highest BCUT2D eigenvalue weighted by atomic mass is 32.2. The van der Waals surface area contributed by atoms with Gasteiger partial charge in [-0.05, 0) is 67.6 Å². The number of thiophene rings is 1. The second-order valence-corrected chi connectivity index (χ2v) is 10.9. The number of nitrogens with zero attached hydrogens (tertiary/aromatic N) is 1. The molecule has 0 saturated heterocycles. The van der Waals surface area contributed by atoms with Crippen LogP contribution in [0.5, 0.6) is 5.75 Å². The van der Waals surface area contributed by atoms with Crippen molar-refractivity contribution in [1.29, 1.82) is 0 Å². The summed E-state index contributed by atoms with van der Waals surface area (Å²) in [7, 11) is -1.27. The number of amides is 1. The van der Waals surface area contributed by atoms with Crippen LogP contribution in [0.15, 0.2) is 59.5 Å². The van der Waals surface area contributed by atoms with Gasteiger partial charge in [-0.25, -0.2) is 13.2 Å². The van der Waals surface area contributed by atoms with Gasteiger partial charge in [0.05, 0.1) is 30.4 Å². The van der Waals surface area contributed by atoms with Crippen LogP contribution in [0, 0.1) is 0 Å². The van der Waals surface area contributed by atoms with Crippen LogP contribution in [-0.4, -0.2) is 41.1 Å². The highest BCUT2D eigenvalue weighted by molar-refractivity contribution is 7.92. The Balaban J connectivity index is 1.65. The van der Waals surface area contributed by atoms with Crippen LogP contribution in [0.1, 0.15) is 33.6 Å². The maximum absolute atomic E-state index is 13.5. The zero-order chi connectivity index (χ0) is 25.0. The highest BCUT2D eigenvalue weighted by Gasteiger charge is 2.30. The third-order valence-corrected chi connectivity index (χ3v) is 8.79. The molecule has 0 saturated carbocycles. The first-order chi connectivity index (χ1) is 16.8. The van der Waals surface area contributed by atoms with E-state index in [1.54, 1.807) is 42.5 Å². The van der Waals surface area contributed by atoms with Gasteiger partial charge >= 0.3 is 5.97 Å². The summed E-state index contributed by atoms with van der Waals surface area (Å²) in [6.45, 7) is -0.471. The predicted octanol–water partition coefficient (Wildman–Crippen LogP) is 4.26. The SMILES string of the molecule is COC(=O)c1c(NC(=O)CN(c2ccccc2)S(=O)(=O)c2ccc(OC)cc2)sc2c1CCCC2. The number of ether oxygens (including phenoxy) is 2. The Kier molecular flexibility index (Phi) is 7.42. The number of esters is 1. The second kappa shape index (κ2) is 10.5. The van der Waals surface area contributed by atoms with Crippen molar-refractivity contribution in [2.24, 2.45) is 0 Å². The van der Waals surface area contributed by atoms with E-state index < -0.39 is 28.4 Å². The molecule has 1 heterocycles. The fourth-order valence-corrected chi connectivity index (χ4v) is 6.77. The number of hydrogen-bond acceptors (Lipinski definition) is 7. The van der Waals surface area contributed by atoms with Crippen LogP contribution in [0.25, 0.3) is 0 Å². The molecular weight excluding hydrogens is 488 g/mol. The molecule has 8 nitrogen and oxygen atoms in total. The summed E-state index contributed by atoms with van der Waals surface area (Å²) in [6.07, 6.45) is 3.56. The van der Waals surface area contributed by atoms with Crippen molar-refractivity contribution in [2.75, 3.05) is 30.4 Å². The highest BCUT2D eigenvalue weighted by Crippen LogP contribution is 2.38. The predicted molar refractivity (Wildman–Crippen MR) is 135 cm³/mol. The van der Waals surface area contributed by atoms with Crippen molar-refractivity contribution in [1.82, 2.24) is 0 Å². The van der Waals surface area contributed by atoms with Crippen molar-refractivity contribution in [3.05, 3.63) is 70.6 Å². The number of hydrogen-bond donors (Lipinski definition) is 1. The molecule has 0 radical (unpaired) electrons. The molecule has 3 aromatic rings. The van der Waals surface area contributed by atoms with Gasteiger partial charge in [0.2, 0.25) is 5.91 Å². The zero-order valence-electron chi connectivity index (χ0n) is 19.4. The van der Waals surface area contributed by atoms with Crippen molar-refractivity contribution >= 4 is 43.9 Å². The van der Waals surface area contributed by atoms with Crippen LogP contribution < -0.4 is 14.4 Å². The molecule has 0 aliphatic heterocycles. The van der Waals surface area contributed by atoms with E-state index in [9.17, 15) is 18.0 Å². The molecule has 0 bridgehead atoms. The lowest BCUT2D eigenvalue weighted by molar-refractivity contribution is -0.114. The zero-order valence-corrected chi connectivity index (χ0v) is 21.1. The van der Waals surface area contributed by atoms with Crippen molar-refractivity contribution in [2.45, 2.75) is 30.6 Å². The summed E-state index contributed by atoms with van der Waals surface area (Å²) in [5, 5.41) is 3.17. The van der Waals surface area contributed by atoms with Gasteiger partial charge < -0.3 is 14.8 Å². The van der Waals surface area contributed by atoms with E-state index in [4.69, 9.17) is 9.47 Å². The van der Waals surface area contributed by atoms with Gasteiger partial charge in [-0.3, -0.25) is 9.10 Å². The van der Waals surface area contributed by atoms with Gasteiger partial charge in [0.1, 0.15) is 17.3 Å². The van der Waals surface area contributed by atoms with E-state index in [2.05, 4.69) is 5.32 Å². The molecule has 184 valence electrons. The lowest BCUT2D eigenvalue weighted by Gasteiger charge is -2.24. The maximum atomic E-state index is 13.5. The minimum atomic E-state index is -4.07. The molecule has 10 heteroatoms. The number of para-hydroxylation sites is 1. The van der Waals surface area contributed by atoms with E-state index in [1.807, 2.05) is 0 Å². The molecule has 0 fully saturated rings. The number of rotatable bonds is 8. The maximum Gasteiger partial charge on any atom is 0.341 e.